The van der Waals surface area contributed by atoms with Crippen LogP contribution in [0.1, 0.15) is 24.8 Å². The number of benzene rings is 2. The third-order valence-electron chi connectivity index (χ3n) is 6.89. The highest BCUT2D eigenvalue weighted by Crippen LogP contribution is 2.27. The Balaban J connectivity index is 1.44. The Labute approximate surface area is 234 Å². The van der Waals surface area contributed by atoms with Crippen LogP contribution in [0, 0.1) is 0 Å². The zero-order valence-corrected chi connectivity index (χ0v) is 23.2. The Morgan fingerprint density at radius 1 is 0.949 bits per heavy atom. The lowest BCUT2D eigenvalue weighted by molar-refractivity contribution is 0.297. The van der Waals surface area contributed by atoms with Crippen LogP contribution in [0.4, 0.5) is 5.69 Å². The number of nitrogens with zero attached hydrogens (tertiary/aromatic N) is 5. The maximum absolute atomic E-state index is 13.7. The molecule has 9 nitrogen and oxygen atoms in total. The minimum absolute atomic E-state index is 0.217. The number of hydrogen-bond acceptors (Lipinski definition) is 6. The Morgan fingerprint density at radius 2 is 1.74 bits per heavy atom. The predicted octanol–water partition coefficient (Wildman–Crippen LogP) is 3.87. The van der Waals surface area contributed by atoms with E-state index in [1.54, 1.807) is 30.5 Å². The molecule has 1 aromatic heterocycles. The first-order valence-corrected chi connectivity index (χ1v) is 14.9. The molecule has 0 aliphatic carbocycles. The van der Waals surface area contributed by atoms with Gasteiger partial charge in [-0.2, -0.15) is 26.8 Å². The molecule has 206 valence electrons. The molecule has 0 radical (unpaired) electrons. The van der Waals surface area contributed by atoms with Gasteiger partial charge in [0, 0.05) is 44.3 Å². The number of aromatic nitrogens is 2. The number of hydrogen-bond donors (Lipinski definition) is 0. The van der Waals surface area contributed by atoms with E-state index >= 15 is 0 Å². The topological polar surface area (TPSA) is 88.0 Å². The fraction of sp³-hybridized carbons (Fsp3) is 0.357. The molecule has 1 saturated heterocycles. The minimum Gasteiger partial charge on any atom is -0.486 e. The highest BCUT2D eigenvalue weighted by molar-refractivity contribution is 7.86. The Kier molecular flexibility index (Phi) is 8.66. The van der Waals surface area contributed by atoms with E-state index in [-0.39, 0.29) is 24.4 Å². The molecular weight excluding hydrogens is 538 g/mol. The second-order valence-corrected chi connectivity index (χ2v) is 11.9. The highest BCUT2D eigenvalue weighted by atomic mass is 35.5. The van der Waals surface area contributed by atoms with E-state index in [0.717, 1.165) is 24.8 Å². The molecule has 3 aliphatic rings. The summed E-state index contributed by atoms with van der Waals surface area (Å²) in [6.45, 7) is 2.40. The summed E-state index contributed by atoms with van der Waals surface area (Å²) in [5, 5.41) is 4.91. The van der Waals surface area contributed by atoms with Gasteiger partial charge >= 0.3 is 5.56 Å². The summed E-state index contributed by atoms with van der Waals surface area (Å²) in [7, 11) is -3.71. The molecule has 0 unspecified atom stereocenters. The van der Waals surface area contributed by atoms with Crippen molar-refractivity contribution in [3.8, 4) is 11.4 Å². The van der Waals surface area contributed by atoms with Crippen molar-refractivity contribution in [3.05, 3.63) is 93.9 Å². The lowest BCUT2D eigenvalue weighted by Gasteiger charge is -2.37. The van der Waals surface area contributed by atoms with Gasteiger partial charge in [0.1, 0.15) is 5.69 Å². The standard InChI is InChI=1S/C28H32ClN5O4S/c29-24-12-9-13-25(20-24)34-28(35)27-26(21-30-34)31-15-17-32(18-16-31)39(36,37)33(22-23-10-5-4-6-11-23)14-7-2-1-3-8-19-38-27/h2,4-7,9-13,20-21H,1,3,8,14-19,22H2. The number of anilines is 1. The molecule has 1 fully saturated rings. The Bertz CT molecular complexity index is 1470. The van der Waals surface area contributed by atoms with Crippen molar-refractivity contribution in [2.45, 2.75) is 25.8 Å². The normalized spacial score (nSPS) is 18.9. The number of ether oxygens (including phenoxy) is 1. The van der Waals surface area contributed by atoms with Gasteiger partial charge < -0.3 is 9.64 Å². The van der Waals surface area contributed by atoms with Crippen LogP contribution in [0.2, 0.25) is 5.02 Å². The second kappa shape index (κ2) is 12.3. The van der Waals surface area contributed by atoms with E-state index < -0.39 is 10.2 Å². The summed E-state index contributed by atoms with van der Waals surface area (Å²) in [5.74, 6) is 0.217. The van der Waals surface area contributed by atoms with Gasteiger partial charge in [0.15, 0.2) is 0 Å². The van der Waals surface area contributed by atoms with Crippen molar-refractivity contribution in [1.29, 1.82) is 0 Å². The molecule has 0 atom stereocenters. The summed E-state index contributed by atoms with van der Waals surface area (Å²) in [5.41, 5.74) is 1.68. The largest absolute Gasteiger partial charge is 0.486 e. The van der Waals surface area contributed by atoms with Gasteiger partial charge in [0.25, 0.3) is 10.2 Å². The van der Waals surface area contributed by atoms with E-state index in [2.05, 4.69) is 5.10 Å². The smallest absolute Gasteiger partial charge is 0.316 e. The lowest BCUT2D eigenvalue weighted by atomic mass is 10.2. The number of halogens is 1. The average Bonchev–Trinajstić information content (AvgIpc) is 2.94. The first-order valence-electron chi connectivity index (χ1n) is 13.1. The predicted molar refractivity (Wildman–Crippen MR) is 153 cm³/mol. The molecule has 6 rings (SSSR count). The van der Waals surface area contributed by atoms with Crippen molar-refractivity contribution >= 4 is 27.5 Å². The van der Waals surface area contributed by atoms with Gasteiger partial charge in [-0.15, -0.1) is 0 Å². The van der Waals surface area contributed by atoms with Crippen LogP contribution in [0.3, 0.4) is 0 Å². The van der Waals surface area contributed by atoms with Gasteiger partial charge in [-0.1, -0.05) is 60.2 Å². The molecule has 0 amide bonds. The van der Waals surface area contributed by atoms with Crippen LogP contribution in [0.15, 0.2) is 77.7 Å². The molecular formula is C28H32ClN5O4S. The highest BCUT2D eigenvalue weighted by Gasteiger charge is 2.33. The molecule has 2 aromatic carbocycles. The molecule has 3 aromatic rings. The van der Waals surface area contributed by atoms with Gasteiger partial charge in [-0.25, -0.2) is 0 Å². The first kappa shape index (κ1) is 27.4. The third-order valence-corrected chi connectivity index (χ3v) is 9.07. The van der Waals surface area contributed by atoms with Crippen molar-refractivity contribution in [2.24, 2.45) is 0 Å². The monoisotopic (exact) mass is 569 g/mol. The lowest BCUT2D eigenvalue weighted by Crippen LogP contribution is -2.53. The number of allylic oxidation sites excluding steroid dienone is 1. The van der Waals surface area contributed by atoms with Crippen LogP contribution in [0.25, 0.3) is 5.69 Å². The van der Waals surface area contributed by atoms with Crippen molar-refractivity contribution < 1.29 is 13.2 Å². The zero-order chi connectivity index (χ0) is 27.2. The van der Waals surface area contributed by atoms with Crippen molar-refractivity contribution in [2.75, 3.05) is 44.2 Å². The van der Waals surface area contributed by atoms with Gasteiger partial charge in [-0.05, 0) is 43.0 Å². The molecule has 0 spiro atoms. The SMILES string of the molecule is O=c1c2c(cnn1-c1cccc(Cl)c1)N1CCN(CC1)S(=O)(=O)N(Cc1ccccc1)CC=CCCCCO2. The number of rotatable bonds is 3. The van der Waals surface area contributed by atoms with Crippen molar-refractivity contribution in [3.63, 3.8) is 0 Å². The van der Waals surface area contributed by atoms with E-state index in [1.807, 2.05) is 47.4 Å². The Morgan fingerprint density at radius 3 is 2.51 bits per heavy atom. The third kappa shape index (κ3) is 6.36. The molecule has 0 N–H and O–H groups in total. The molecule has 2 bridgehead atoms. The summed E-state index contributed by atoms with van der Waals surface area (Å²) in [4.78, 5) is 15.5. The fourth-order valence-corrected chi connectivity index (χ4v) is 6.50. The molecule has 4 heterocycles. The van der Waals surface area contributed by atoms with E-state index in [1.165, 1.54) is 13.3 Å². The summed E-state index contributed by atoms with van der Waals surface area (Å²) < 4.78 is 37.8. The van der Waals surface area contributed by atoms with E-state index in [0.29, 0.717) is 49.2 Å². The molecule has 0 saturated carbocycles. The maximum atomic E-state index is 13.7. The van der Waals surface area contributed by atoms with Crippen LogP contribution in [0.5, 0.6) is 5.75 Å². The second-order valence-electron chi connectivity index (χ2n) is 9.54. The minimum atomic E-state index is -3.71. The number of piperazine rings is 1. The summed E-state index contributed by atoms with van der Waals surface area (Å²) >= 11 is 6.15. The maximum Gasteiger partial charge on any atom is 0.316 e. The van der Waals surface area contributed by atoms with Crippen LogP contribution >= 0.6 is 11.6 Å². The van der Waals surface area contributed by atoms with Crippen molar-refractivity contribution in [1.82, 2.24) is 18.4 Å². The van der Waals surface area contributed by atoms with E-state index in [4.69, 9.17) is 16.3 Å². The number of fused-ring (bicyclic) bond motifs is 10. The van der Waals surface area contributed by atoms with E-state index in [9.17, 15) is 13.2 Å². The fourth-order valence-electron chi connectivity index (χ4n) is 4.78. The summed E-state index contributed by atoms with van der Waals surface area (Å²) in [6.07, 6.45) is 7.95. The Hall–Kier alpha value is -3.18. The van der Waals surface area contributed by atoms with Crippen LogP contribution < -0.4 is 15.2 Å². The zero-order valence-electron chi connectivity index (χ0n) is 21.7. The van der Waals surface area contributed by atoms with Gasteiger partial charge in [-0.3, -0.25) is 4.79 Å². The summed E-state index contributed by atoms with van der Waals surface area (Å²) in [6, 6.07) is 16.6. The molecule has 3 aliphatic heterocycles. The molecule has 11 heteroatoms. The van der Waals surface area contributed by atoms with Crippen LogP contribution in [-0.2, 0) is 16.8 Å². The quantitative estimate of drug-likeness (QED) is 0.445. The van der Waals surface area contributed by atoms with Crippen LogP contribution in [-0.4, -0.2) is 66.1 Å². The van der Waals surface area contributed by atoms with Gasteiger partial charge in [0.2, 0.25) is 5.75 Å². The first-order chi connectivity index (χ1) is 18.9. The van der Waals surface area contributed by atoms with Gasteiger partial charge in [0.05, 0.1) is 18.5 Å². The average molecular weight is 570 g/mol. The molecule has 39 heavy (non-hydrogen) atoms.